The monoisotopic (exact) mass is 433 g/mol. The summed E-state index contributed by atoms with van der Waals surface area (Å²) < 4.78 is 10.8. The fourth-order valence-electron chi connectivity index (χ4n) is 1.93. The van der Waals surface area contributed by atoms with Crippen LogP contribution in [0.4, 0.5) is 0 Å². The summed E-state index contributed by atoms with van der Waals surface area (Å²) in [6.45, 7) is 10.2. The van der Waals surface area contributed by atoms with Crippen molar-refractivity contribution in [2.75, 3.05) is 26.9 Å². The van der Waals surface area contributed by atoms with E-state index in [1.807, 2.05) is 31.2 Å². The molecule has 1 unspecified atom stereocenters. The molecular formula is C17H28IN3O2. The summed E-state index contributed by atoms with van der Waals surface area (Å²) in [6.07, 6.45) is 1.73. The van der Waals surface area contributed by atoms with Gasteiger partial charge >= 0.3 is 0 Å². The van der Waals surface area contributed by atoms with Crippen LogP contribution in [0.15, 0.2) is 41.9 Å². The molecule has 0 heterocycles. The molecule has 6 heteroatoms. The zero-order valence-corrected chi connectivity index (χ0v) is 16.5. The molecule has 0 radical (unpaired) electrons. The highest BCUT2D eigenvalue weighted by Crippen LogP contribution is 2.18. The van der Waals surface area contributed by atoms with Gasteiger partial charge in [-0.1, -0.05) is 30.9 Å². The second kappa shape index (κ2) is 13.2. The molecule has 0 bridgehead atoms. The predicted molar refractivity (Wildman–Crippen MR) is 107 cm³/mol. The van der Waals surface area contributed by atoms with Crippen LogP contribution >= 0.6 is 24.0 Å². The quantitative estimate of drug-likeness (QED) is 0.272. The van der Waals surface area contributed by atoms with Gasteiger partial charge in [-0.3, -0.25) is 0 Å². The Labute approximate surface area is 156 Å². The van der Waals surface area contributed by atoms with E-state index in [1.54, 1.807) is 13.2 Å². The van der Waals surface area contributed by atoms with Crippen LogP contribution in [0, 0.1) is 0 Å². The van der Waals surface area contributed by atoms with Crippen molar-refractivity contribution in [1.29, 1.82) is 0 Å². The molecular weight excluding hydrogens is 405 g/mol. The molecule has 0 spiro atoms. The minimum atomic E-state index is 0. The van der Waals surface area contributed by atoms with E-state index < -0.39 is 0 Å². The van der Waals surface area contributed by atoms with Gasteiger partial charge in [-0.05, 0) is 19.9 Å². The van der Waals surface area contributed by atoms with E-state index in [9.17, 15) is 0 Å². The summed E-state index contributed by atoms with van der Waals surface area (Å²) >= 11 is 0. The van der Waals surface area contributed by atoms with Gasteiger partial charge in [0.1, 0.15) is 12.4 Å². The molecule has 0 saturated heterocycles. The number of benzene rings is 1. The number of rotatable bonds is 9. The van der Waals surface area contributed by atoms with E-state index in [1.165, 1.54) is 0 Å². The number of hydrogen-bond donors (Lipinski definition) is 2. The van der Waals surface area contributed by atoms with E-state index >= 15 is 0 Å². The molecule has 0 aromatic heterocycles. The minimum Gasteiger partial charge on any atom is -0.489 e. The van der Waals surface area contributed by atoms with Gasteiger partial charge in [-0.2, -0.15) is 0 Å². The first-order chi connectivity index (χ1) is 10.7. The molecule has 1 rings (SSSR count). The van der Waals surface area contributed by atoms with Crippen LogP contribution in [-0.2, 0) is 11.3 Å². The van der Waals surface area contributed by atoms with Crippen molar-refractivity contribution < 1.29 is 9.47 Å². The lowest BCUT2D eigenvalue weighted by Crippen LogP contribution is -2.43. The maximum atomic E-state index is 5.65. The highest BCUT2D eigenvalue weighted by molar-refractivity contribution is 14.0. The van der Waals surface area contributed by atoms with Crippen molar-refractivity contribution in [2.45, 2.75) is 26.4 Å². The number of nitrogens with one attached hydrogen (secondary N) is 2. The minimum absolute atomic E-state index is 0. The molecule has 1 atom stereocenters. The lowest BCUT2D eigenvalue weighted by molar-refractivity contribution is 0.179. The number of nitrogens with zero attached hydrogens (tertiary/aromatic N) is 1. The van der Waals surface area contributed by atoms with Crippen molar-refractivity contribution in [2.24, 2.45) is 4.99 Å². The molecule has 0 saturated carbocycles. The van der Waals surface area contributed by atoms with Crippen molar-refractivity contribution in [1.82, 2.24) is 10.6 Å². The Hall–Kier alpha value is -1.28. The third kappa shape index (κ3) is 8.80. The number of ether oxygens (including phenoxy) is 2. The Balaban J connectivity index is 0.00000484. The summed E-state index contributed by atoms with van der Waals surface area (Å²) in [6, 6.07) is 8.09. The standard InChI is InChI=1S/C17H27N3O2.HI/c1-5-11-22-16-10-8-7-9-15(16)12-19-17(18-6-2)20-14(3)13-21-4;/h5,7-10,14H,1,6,11-13H2,2-4H3,(H2,18,19,20);1H. The predicted octanol–water partition coefficient (Wildman–Crippen LogP) is 2.96. The average Bonchev–Trinajstić information content (AvgIpc) is 2.52. The van der Waals surface area contributed by atoms with E-state index in [-0.39, 0.29) is 30.0 Å². The summed E-state index contributed by atoms with van der Waals surface area (Å²) in [4.78, 5) is 4.61. The smallest absolute Gasteiger partial charge is 0.191 e. The first-order valence-electron chi connectivity index (χ1n) is 7.56. The number of aliphatic imine (C=N–C) groups is 1. The number of hydrogen-bond acceptors (Lipinski definition) is 3. The zero-order valence-electron chi connectivity index (χ0n) is 14.2. The zero-order chi connectivity index (χ0) is 16.2. The van der Waals surface area contributed by atoms with Crippen LogP contribution in [0.5, 0.6) is 5.75 Å². The van der Waals surface area contributed by atoms with Gasteiger partial charge in [0.2, 0.25) is 0 Å². The summed E-state index contributed by atoms with van der Waals surface area (Å²) in [5.41, 5.74) is 1.04. The average molecular weight is 433 g/mol. The van der Waals surface area contributed by atoms with Crippen LogP contribution in [-0.4, -0.2) is 38.9 Å². The van der Waals surface area contributed by atoms with E-state index in [0.717, 1.165) is 23.8 Å². The molecule has 1 aromatic carbocycles. The van der Waals surface area contributed by atoms with E-state index in [4.69, 9.17) is 9.47 Å². The molecule has 2 N–H and O–H groups in total. The third-order valence-electron chi connectivity index (χ3n) is 2.88. The van der Waals surface area contributed by atoms with Gasteiger partial charge < -0.3 is 20.1 Å². The third-order valence-corrected chi connectivity index (χ3v) is 2.88. The van der Waals surface area contributed by atoms with Crippen LogP contribution in [0.1, 0.15) is 19.4 Å². The number of guanidine groups is 1. The summed E-state index contributed by atoms with van der Waals surface area (Å²) in [5.74, 6) is 1.61. The summed E-state index contributed by atoms with van der Waals surface area (Å²) in [5, 5.41) is 6.54. The fraction of sp³-hybridized carbons (Fsp3) is 0.471. The second-order valence-electron chi connectivity index (χ2n) is 4.90. The highest BCUT2D eigenvalue weighted by Gasteiger charge is 2.06. The molecule has 1 aromatic rings. The largest absolute Gasteiger partial charge is 0.489 e. The molecule has 0 amide bonds. The molecule has 0 fully saturated rings. The Bertz CT molecular complexity index is 481. The SMILES string of the molecule is C=CCOc1ccccc1CN=C(NCC)NC(C)COC.I. The van der Waals surface area contributed by atoms with E-state index in [2.05, 4.69) is 29.1 Å². The number of halogens is 1. The van der Waals surface area contributed by atoms with Gasteiger partial charge in [0.25, 0.3) is 0 Å². The topological polar surface area (TPSA) is 54.9 Å². The van der Waals surface area contributed by atoms with Crippen LogP contribution < -0.4 is 15.4 Å². The van der Waals surface area contributed by atoms with Gasteiger partial charge in [0.05, 0.1) is 13.2 Å². The molecule has 0 aliphatic carbocycles. The first kappa shape index (κ1) is 21.7. The van der Waals surface area contributed by atoms with Gasteiger partial charge in [-0.15, -0.1) is 24.0 Å². The molecule has 5 nitrogen and oxygen atoms in total. The van der Waals surface area contributed by atoms with Gasteiger partial charge in [-0.25, -0.2) is 4.99 Å². The Morgan fingerprint density at radius 1 is 1.39 bits per heavy atom. The Morgan fingerprint density at radius 2 is 2.13 bits per heavy atom. The molecule has 0 aliphatic rings. The lowest BCUT2D eigenvalue weighted by atomic mass is 10.2. The van der Waals surface area contributed by atoms with Gasteiger partial charge in [0.15, 0.2) is 5.96 Å². The lowest BCUT2D eigenvalue weighted by Gasteiger charge is -2.17. The van der Waals surface area contributed by atoms with Crippen LogP contribution in [0.2, 0.25) is 0 Å². The maximum Gasteiger partial charge on any atom is 0.191 e. The van der Waals surface area contributed by atoms with Crippen molar-refractivity contribution >= 4 is 29.9 Å². The Morgan fingerprint density at radius 3 is 2.78 bits per heavy atom. The first-order valence-corrected chi connectivity index (χ1v) is 7.56. The van der Waals surface area contributed by atoms with Crippen molar-refractivity contribution in [3.63, 3.8) is 0 Å². The van der Waals surface area contributed by atoms with Crippen molar-refractivity contribution in [3.8, 4) is 5.75 Å². The Kier molecular flexibility index (Phi) is 12.5. The van der Waals surface area contributed by atoms with Crippen molar-refractivity contribution in [3.05, 3.63) is 42.5 Å². The second-order valence-corrected chi connectivity index (χ2v) is 4.90. The highest BCUT2D eigenvalue weighted by atomic mass is 127. The normalized spacial score (nSPS) is 12.0. The maximum absolute atomic E-state index is 5.65. The van der Waals surface area contributed by atoms with Gasteiger partial charge in [0, 0.05) is 25.3 Å². The van der Waals surface area contributed by atoms with E-state index in [0.29, 0.717) is 19.8 Å². The fourth-order valence-corrected chi connectivity index (χ4v) is 1.93. The van der Waals surface area contributed by atoms with Crippen LogP contribution in [0.25, 0.3) is 0 Å². The molecule has 0 aliphatic heterocycles. The summed E-state index contributed by atoms with van der Waals surface area (Å²) in [7, 11) is 1.69. The molecule has 23 heavy (non-hydrogen) atoms. The number of para-hydroxylation sites is 1. The van der Waals surface area contributed by atoms with Crippen LogP contribution in [0.3, 0.4) is 0 Å². The molecule has 130 valence electrons. The number of methoxy groups -OCH3 is 1.